The Morgan fingerprint density at radius 3 is 2.69 bits per heavy atom. The zero-order valence-electron chi connectivity index (χ0n) is 15.4. The second kappa shape index (κ2) is 8.81. The highest BCUT2D eigenvalue weighted by atomic mass is 32.2. The summed E-state index contributed by atoms with van der Waals surface area (Å²) in [4.78, 5) is 4.21. The van der Waals surface area contributed by atoms with Crippen LogP contribution in [0.2, 0.25) is 0 Å². The second-order valence-electron chi connectivity index (χ2n) is 6.09. The van der Waals surface area contributed by atoms with Gasteiger partial charge in [0.25, 0.3) is 10.1 Å². The molecule has 0 saturated carbocycles. The minimum atomic E-state index is -3.57. The summed E-state index contributed by atoms with van der Waals surface area (Å²) in [5.74, 6) is 0.345. The third kappa shape index (κ3) is 5.60. The molecule has 0 aliphatic rings. The maximum Gasteiger partial charge on any atom is 0.264 e. The molecule has 0 spiro atoms. The van der Waals surface area contributed by atoms with Gasteiger partial charge < -0.3 is 4.74 Å². The van der Waals surface area contributed by atoms with Crippen LogP contribution in [0.25, 0.3) is 5.82 Å². The lowest BCUT2D eigenvalue weighted by atomic mass is 10.2. The summed E-state index contributed by atoms with van der Waals surface area (Å²) in [5, 5.41) is 13.4. The molecule has 8 nitrogen and oxygen atoms in total. The van der Waals surface area contributed by atoms with Crippen molar-refractivity contribution in [3.05, 3.63) is 71.3 Å². The predicted molar refractivity (Wildman–Crippen MR) is 101 cm³/mol. The smallest absolute Gasteiger partial charge is 0.264 e. The zero-order chi connectivity index (χ0) is 20.9. The van der Waals surface area contributed by atoms with Crippen molar-refractivity contribution in [1.82, 2.24) is 14.8 Å². The van der Waals surface area contributed by atoms with Crippen molar-refractivity contribution >= 4 is 10.1 Å². The summed E-state index contributed by atoms with van der Waals surface area (Å²) in [5.41, 5.74) is 1.73. The Morgan fingerprint density at radius 2 is 2.00 bits per heavy atom. The van der Waals surface area contributed by atoms with Crippen molar-refractivity contribution in [2.24, 2.45) is 0 Å². The summed E-state index contributed by atoms with van der Waals surface area (Å²) < 4.78 is 47.6. The summed E-state index contributed by atoms with van der Waals surface area (Å²) >= 11 is 0. The fraction of sp³-hybridized carbons (Fsp3) is 0.211. The van der Waals surface area contributed by atoms with Crippen molar-refractivity contribution < 1.29 is 21.7 Å². The Bertz CT molecular complexity index is 1140. The van der Waals surface area contributed by atoms with Gasteiger partial charge in [0, 0.05) is 24.2 Å². The standard InChI is InChI=1S/C19H17FN4O4S/c1-29(25,26)28-9-7-16-12-23-24(18-10-15(11-21)6-8-22-18)19(16)27-13-14-2-4-17(20)5-3-14/h2-6,8,10,12H,7,9,13H2,1H3. The Morgan fingerprint density at radius 1 is 1.24 bits per heavy atom. The van der Waals surface area contributed by atoms with Crippen LogP contribution >= 0.6 is 0 Å². The SMILES string of the molecule is CS(=O)(=O)OCCc1cnn(-c2cc(C#N)ccn2)c1OCc1ccc(F)cc1. The minimum absolute atomic E-state index is 0.0803. The number of aromatic nitrogens is 3. The average Bonchev–Trinajstić information content (AvgIpc) is 3.09. The number of rotatable bonds is 8. The first-order valence-electron chi connectivity index (χ1n) is 8.51. The van der Waals surface area contributed by atoms with Crippen molar-refractivity contribution in [3.63, 3.8) is 0 Å². The molecular weight excluding hydrogens is 399 g/mol. The summed E-state index contributed by atoms with van der Waals surface area (Å²) in [7, 11) is -3.57. The Balaban J connectivity index is 1.88. The van der Waals surface area contributed by atoms with Crippen LogP contribution < -0.4 is 4.74 Å². The number of pyridine rings is 1. The Labute approximate surface area is 167 Å². The molecule has 2 heterocycles. The van der Waals surface area contributed by atoms with Crippen molar-refractivity contribution in [2.45, 2.75) is 13.0 Å². The van der Waals surface area contributed by atoms with Gasteiger partial charge in [-0.05, 0) is 23.8 Å². The lowest BCUT2D eigenvalue weighted by molar-refractivity contribution is 0.276. The molecule has 0 amide bonds. The van der Waals surface area contributed by atoms with Crippen LogP contribution in [0.3, 0.4) is 0 Å². The van der Waals surface area contributed by atoms with Crippen molar-refractivity contribution in [2.75, 3.05) is 12.9 Å². The maximum atomic E-state index is 13.1. The van der Waals surface area contributed by atoms with E-state index in [0.29, 0.717) is 22.8 Å². The molecule has 0 fully saturated rings. The van der Waals surface area contributed by atoms with Gasteiger partial charge in [0.1, 0.15) is 12.4 Å². The number of halogens is 1. The third-order valence-corrected chi connectivity index (χ3v) is 4.44. The lowest BCUT2D eigenvalue weighted by Gasteiger charge is -2.11. The molecule has 3 aromatic rings. The van der Waals surface area contributed by atoms with E-state index in [9.17, 15) is 12.8 Å². The van der Waals surface area contributed by atoms with Gasteiger partial charge >= 0.3 is 0 Å². The number of nitrogens with zero attached hydrogens (tertiary/aromatic N) is 4. The van der Waals surface area contributed by atoms with E-state index in [4.69, 9.17) is 14.2 Å². The largest absolute Gasteiger partial charge is 0.472 e. The van der Waals surface area contributed by atoms with E-state index in [2.05, 4.69) is 10.1 Å². The van der Waals surface area contributed by atoms with Gasteiger partial charge in [0.05, 0.1) is 30.7 Å². The molecule has 3 rings (SSSR count). The van der Waals surface area contributed by atoms with E-state index in [1.807, 2.05) is 6.07 Å². The first kappa shape index (κ1) is 20.4. The van der Waals surface area contributed by atoms with Crippen LogP contribution in [-0.4, -0.2) is 36.0 Å². The van der Waals surface area contributed by atoms with Gasteiger partial charge in [-0.1, -0.05) is 12.1 Å². The predicted octanol–water partition coefficient (Wildman–Crippen LogP) is 2.38. The molecule has 2 aromatic heterocycles. The van der Waals surface area contributed by atoms with Gasteiger partial charge in [-0.25, -0.2) is 9.37 Å². The average molecular weight is 416 g/mol. The fourth-order valence-corrected chi connectivity index (χ4v) is 2.88. The molecule has 29 heavy (non-hydrogen) atoms. The molecule has 0 radical (unpaired) electrons. The quantitative estimate of drug-likeness (QED) is 0.519. The van der Waals surface area contributed by atoms with E-state index in [-0.39, 0.29) is 25.5 Å². The van der Waals surface area contributed by atoms with E-state index in [0.717, 1.165) is 11.8 Å². The highest BCUT2D eigenvalue weighted by Gasteiger charge is 2.16. The molecule has 0 aliphatic heterocycles. The molecular formula is C19H17FN4O4S. The maximum absolute atomic E-state index is 13.1. The normalized spacial score (nSPS) is 11.2. The van der Waals surface area contributed by atoms with Gasteiger partial charge in [-0.2, -0.15) is 23.5 Å². The second-order valence-corrected chi connectivity index (χ2v) is 7.74. The van der Waals surface area contributed by atoms with Crippen LogP contribution in [0, 0.1) is 17.1 Å². The molecule has 0 bridgehead atoms. The molecule has 1 aromatic carbocycles. The van der Waals surface area contributed by atoms with Crippen molar-refractivity contribution in [1.29, 1.82) is 5.26 Å². The van der Waals surface area contributed by atoms with E-state index in [1.165, 1.54) is 29.2 Å². The number of nitriles is 1. The summed E-state index contributed by atoms with van der Waals surface area (Å²) in [6, 6.07) is 11.0. The van der Waals surface area contributed by atoms with E-state index < -0.39 is 10.1 Å². The van der Waals surface area contributed by atoms with Crippen LogP contribution in [0.5, 0.6) is 5.88 Å². The molecule has 10 heteroatoms. The summed E-state index contributed by atoms with van der Waals surface area (Å²) in [6.45, 7) is 0.0486. The lowest BCUT2D eigenvalue weighted by Crippen LogP contribution is -2.09. The van der Waals surface area contributed by atoms with Gasteiger partial charge in [-0.15, -0.1) is 0 Å². The highest BCUT2D eigenvalue weighted by Crippen LogP contribution is 2.24. The molecule has 0 saturated heterocycles. The number of hydrogen-bond acceptors (Lipinski definition) is 7. The first-order chi connectivity index (χ1) is 13.9. The highest BCUT2D eigenvalue weighted by molar-refractivity contribution is 7.85. The fourth-order valence-electron chi connectivity index (χ4n) is 2.50. The Kier molecular flexibility index (Phi) is 6.21. The monoisotopic (exact) mass is 416 g/mol. The number of hydrogen-bond donors (Lipinski definition) is 0. The zero-order valence-corrected chi connectivity index (χ0v) is 16.3. The first-order valence-corrected chi connectivity index (χ1v) is 10.3. The number of ether oxygens (including phenoxy) is 1. The minimum Gasteiger partial charge on any atom is -0.472 e. The van der Waals surface area contributed by atoms with Crippen LogP contribution in [0.15, 0.2) is 48.8 Å². The topological polar surface area (TPSA) is 107 Å². The molecule has 0 atom stereocenters. The van der Waals surface area contributed by atoms with Gasteiger partial charge in [-0.3, -0.25) is 4.18 Å². The molecule has 150 valence electrons. The summed E-state index contributed by atoms with van der Waals surface area (Å²) in [6.07, 6.45) is 4.20. The van der Waals surface area contributed by atoms with Crippen LogP contribution in [-0.2, 0) is 27.3 Å². The van der Waals surface area contributed by atoms with E-state index in [1.54, 1.807) is 24.3 Å². The third-order valence-electron chi connectivity index (χ3n) is 3.85. The van der Waals surface area contributed by atoms with Gasteiger partial charge in [0.2, 0.25) is 5.88 Å². The van der Waals surface area contributed by atoms with Gasteiger partial charge in [0.15, 0.2) is 5.82 Å². The Hall–Kier alpha value is -3.29. The van der Waals surface area contributed by atoms with Crippen LogP contribution in [0.1, 0.15) is 16.7 Å². The van der Waals surface area contributed by atoms with Crippen LogP contribution in [0.4, 0.5) is 4.39 Å². The molecule has 0 N–H and O–H groups in total. The molecule has 0 aliphatic carbocycles. The molecule has 0 unspecified atom stereocenters. The van der Waals surface area contributed by atoms with Crippen molar-refractivity contribution in [3.8, 4) is 17.8 Å². The van der Waals surface area contributed by atoms with E-state index >= 15 is 0 Å². The number of benzene rings is 1.